The van der Waals surface area contributed by atoms with E-state index in [4.69, 9.17) is 5.73 Å². The van der Waals surface area contributed by atoms with E-state index in [1.54, 1.807) is 0 Å². The number of hydrogen-bond donors (Lipinski definition) is 2. The zero-order valence-electron chi connectivity index (χ0n) is 11.3. The normalized spacial score (nSPS) is 13.6. The molecule has 0 spiro atoms. The Balaban J connectivity index is 3.73. The summed E-state index contributed by atoms with van der Waals surface area (Å²) in [5.74, 6) is 0.421. The highest BCUT2D eigenvalue weighted by molar-refractivity contribution is 5.81. The molecular weight excluding hydrogens is 202 g/mol. The van der Waals surface area contributed by atoms with Gasteiger partial charge in [0, 0.05) is 19.1 Å². The summed E-state index contributed by atoms with van der Waals surface area (Å²) in [4.78, 5) is 13.8. The Bertz CT molecular complexity index is 204. The standard InChI is InChI=1S/C12H27N3O/c1-9(2)8-11(13)12(16)14-6-7-15(5)10(3)4/h9-11H,6-8,13H2,1-5H3,(H,14,16)/t11-/m1/s1. The Hall–Kier alpha value is -0.610. The summed E-state index contributed by atoms with van der Waals surface area (Å²) in [5.41, 5.74) is 5.77. The van der Waals surface area contributed by atoms with Crippen molar-refractivity contribution in [3.05, 3.63) is 0 Å². The number of nitrogens with one attached hydrogen (secondary N) is 1. The van der Waals surface area contributed by atoms with Crippen molar-refractivity contribution in [2.24, 2.45) is 11.7 Å². The first-order valence-electron chi connectivity index (χ1n) is 6.08. The van der Waals surface area contributed by atoms with E-state index in [1.165, 1.54) is 0 Å². The zero-order valence-corrected chi connectivity index (χ0v) is 11.3. The van der Waals surface area contributed by atoms with E-state index >= 15 is 0 Å². The Morgan fingerprint density at radius 1 is 1.31 bits per heavy atom. The van der Waals surface area contributed by atoms with Gasteiger partial charge in [0.25, 0.3) is 0 Å². The third-order valence-corrected chi connectivity index (χ3v) is 2.71. The monoisotopic (exact) mass is 229 g/mol. The lowest BCUT2D eigenvalue weighted by atomic mass is 10.0. The minimum atomic E-state index is -0.371. The first-order valence-corrected chi connectivity index (χ1v) is 6.08. The lowest BCUT2D eigenvalue weighted by Crippen LogP contribution is -2.44. The molecule has 0 aliphatic rings. The van der Waals surface area contributed by atoms with Crippen LogP contribution in [0.4, 0.5) is 0 Å². The molecule has 96 valence electrons. The van der Waals surface area contributed by atoms with Crippen LogP contribution in [0.15, 0.2) is 0 Å². The fourth-order valence-electron chi connectivity index (χ4n) is 1.36. The summed E-state index contributed by atoms with van der Waals surface area (Å²) in [6.07, 6.45) is 0.742. The van der Waals surface area contributed by atoms with Gasteiger partial charge >= 0.3 is 0 Å². The highest BCUT2D eigenvalue weighted by atomic mass is 16.2. The minimum absolute atomic E-state index is 0.0362. The molecule has 0 saturated heterocycles. The molecular formula is C12H27N3O. The van der Waals surface area contributed by atoms with E-state index in [9.17, 15) is 4.79 Å². The molecule has 0 aromatic carbocycles. The minimum Gasteiger partial charge on any atom is -0.353 e. The Labute approximate surface area is 99.6 Å². The molecule has 0 fully saturated rings. The lowest BCUT2D eigenvalue weighted by Gasteiger charge is -2.21. The number of rotatable bonds is 7. The molecule has 4 heteroatoms. The van der Waals surface area contributed by atoms with Gasteiger partial charge in [-0.1, -0.05) is 13.8 Å². The molecule has 0 aliphatic heterocycles. The molecule has 0 aromatic heterocycles. The molecule has 0 heterocycles. The van der Waals surface area contributed by atoms with Crippen molar-refractivity contribution in [3.8, 4) is 0 Å². The van der Waals surface area contributed by atoms with Gasteiger partial charge in [-0.2, -0.15) is 0 Å². The highest BCUT2D eigenvalue weighted by Gasteiger charge is 2.14. The van der Waals surface area contributed by atoms with Crippen molar-refractivity contribution in [2.75, 3.05) is 20.1 Å². The second-order valence-electron chi connectivity index (χ2n) is 5.10. The van der Waals surface area contributed by atoms with Gasteiger partial charge in [-0.25, -0.2) is 0 Å². The van der Waals surface area contributed by atoms with Crippen LogP contribution in [-0.2, 0) is 4.79 Å². The number of hydrogen-bond acceptors (Lipinski definition) is 3. The maximum Gasteiger partial charge on any atom is 0.236 e. The van der Waals surface area contributed by atoms with Gasteiger partial charge in [0.15, 0.2) is 0 Å². The second kappa shape index (κ2) is 7.63. The Morgan fingerprint density at radius 3 is 2.31 bits per heavy atom. The van der Waals surface area contributed by atoms with Crippen LogP contribution >= 0.6 is 0 Å². The largest absolute Gasteiger partial charge is 0.353 e. The van der Waals surface area contributed by atoms with Crippen molar-refractivity contribution in [1.82, 2.24) is 10.2 Å². The SMILES string of the molecule is CC(C)C[C@@H](N)C(=O)NCCN(C)C(C)C. The fourth-order valence-corrected chi connectivity index (χ4v) is 1.36. The van der Waals surface area contributed by atoms with Crippen LogP contribution in [0.5, 0.6) is 0 Å². The van der Waals surface area contributed by atoms with E-state index in [0.717, 1.165) is 13.0 Å². The number of amides is 1. The predicted octanol–water partition coefficient (Wildman–Crippen LogP) is 0.816. The topological polar surface area (TPSA) is 58.4 Å². The molecule has 4 nitrogen and oxygen atoms in total. The number of nitrogens with two attached hydrogens (primary N) is 1. The maximum absolute atomic E-state index is 11.6. The maximum atomic E-state index is 11.6. The highest BCUT2D eigenvalue weighted by Crippen LogP contribution is 2.02. The van der Waals surface area contributed by atoms with Crippen LogP contribution in [0.3, 0.4) is 0 Å². The molecule has 0 rings (SSSR count). The number of nitrogens with zero attached hydrogens (tertiary/aromatic N) is 1. The molecule has 1 atom stereocenters. The summed E-state index contributed by atoms with van der Waals surface area (Å²) in [6.45, 7) is 9.93. The molecule has 0 saturated carbocycles. The van der Waals surface area contributed by atoms with Gasteiger partial charge in [-0.05, 0) is 33.2 Å². The van der Waals surface area contributed by atoms with Crippen molar-refractivity contribution in [2.45, 2.75) is 46.2 Å². The number of carbonyl (C=O) groups is 1. The van der Waals surface area contributed by atoms with E-state index in [2.05, 4.69) is 37.9 Å². The third-order valence-electron chi connectivity index (χ3n) is 2.71. The second-order valence-corrected chi connectivity index (χ2v) is 5.10. The first kappa shape index (κ1) is 15.4. The van der Waals surface area contributed by atoms with Crippen LogP contribution in [-0.4, -0.2) is 43.0 Å². The lowest BCUT2D eigenvalue weighted by molar-refractivity contribution is -0.122. The van der Waals surface area contributed by atoms with E-state index < -0.39 is 0 Å². The summed E-state index contributed by atoms with van der Waals surface area (Å²) < 4.78 is 0. The van der Waals surface area contributed by atoms with E-state index in [-0.39, 0.29) is 11.9 Å². The van der Waals surface area contributed by atoms with Gasteiger partial charge in [0.1, 0.15) is 0 Å². The van der Waals surface area contributed by atoms with E-state index in [0.29, 0.717) is 18.5 Å². The van der Waals surface area contributed by atoms with Gasteiger partial charge in [0.2, 0.25) is 5.91 Å². The van der Waals surface area contributed by atoms with Crippen LogP contribution in [0.25, 0.3) is 0 Å². The van der Waals surface area contributed by atoms with Gasteiger partial charge in [-0.15, -0.1) is 0 Å². The molecule has 0 aromatic rings. The number of likely N-dealkylation sites (N-methyl/N-ethyl adjacent to an activating group) is 1. The zero-order chi connectivity index (χ0) is 12.7. The summed E-state index contributed by atoms with van der Waals surface area (Å²) in [6, 6.07) is 0.130. The van der Waals surface area contributed by atoms with Gasteiger partial charge in [-0.3, -0.25) is 4.79 Å². The van der Waals surface area contributed by atoms with Crippen LogP contribution in [0.2, 0.25) is 0 Å². The average Bonchev–Trinajstić information content (AvgIpc) is 2.15. The molecule has 1 amide bonds. The van der Waals surface area contributed by atoms with Crippen molar-refractivity contribution in [3.63, 3.8) is 0 Å². The smallest absolute Gasteiger partial charge is 0.236 e. The van der Waals surface area contributed by atoms with Crippen molar-refractivity contribution in [1.29, 1.82) is 0 Å². The summed E-state index contributed by atoms with van der Waals surface area (Å²) in [5, 5.41) is 2.87. The predicted molar refractivity (Wildman–Crippen MR) is 68.2 cm³/mol. The van der Waals surface area contributed by atoms with Crippen LogP contribution in [0, 0.1) is 5.92 Å². The molecule has 0 unspecified atom stereocenters. The third kappa shape index (κ3) is 6.80. The van der Waals surface area contributed by atoms with Crippen molar-refractivity contribution >= 4 is 5.91 Å². The molecule has 16 heavy (non-hydrogen) atoms. The fraction of sp³-hybridized carbons (Fsp3) is 0.917. The number of carbonyl (C=O) groups excluding carboxylic acids is 1. The van der Waals surface area contributed by atoms with Gasteiger partial charge < -0.3 is 16.0 Å². The van der Waals surface area contributed by atoms with E-state index in [1.807, 2.05) is 7.05 Å². The van der Waals surface area contributed by atoms with Gasteiger partial charge in [0.05, 0.1) is 6.04 Å². The molecule has 3 N–H and O–H groups in total. The van der Waals surface area contributed by atoms with Crippen LogP contribution in [0.1, 0.15) is 34.1 Å². The average molecular weight is 229 g/mol. The summed E-state index contributed by atoms with van der Waals surface area (Å²) >= 11 is 0. The molecule has 0 aliphatic carbocycles. The van der Waals surface area contributed by atoms with Crippen molar-refractivity contribution < 1.29 is 4.79 Å². The quantitative estimate of drug-likeness (QED) is 0.679. The Morgan fingerprint density at radius 2 is 1.88 bits per heavy atom. The molecule has 0 radical (unpaired) electrons. The Kier molecular flexibility index (Phi) is 7.34. The molecule has 0 bridgehead atoms. The van der Waals surface area contributed by atoms with Crippen LogP contribution < -0.4 is 11.1 Å². The summed E-state index contributed by atoms with van der Waals surface area (Å²) in [7, 11) is 2.05. The first-order chi connectivity index (χ1) is 7.34.